The van der Waals surface area contributed by atoms with Gasteiger partial charge in [-0.05, 0) is 18.2 Å². The minimum absolute atomic E-state index is 0.0466. The molecule has 0 aliphatic carbocycles. The van der Waals surface area contributed by atoms with Crippen molar-refractivity contribution in [2.24, 2.45) is 5.73 Å². The summed E-state index contributed by atoms with van der Waals surface area (Å²) in [5.74, 6) is -1.24. The van der Waals surface area contributed by atoms with E-state index in [0.717, 1.165) is 24.8 Å². The van der Waals surface area contributed by atoms with Gasteiger partial charge in [0.1, 0.15) is 11.5 Å². The lowest BCUT2D eigenvalue weighted by molar-refractivity contribution is -0.0264. The SMILES string of the molecule is NCC1CN(Cc2ccn(-c3ccc(F)cc3F)n2)CCO1. The summed E-state index contributed by atoms with van der Waals surface area (Å²) in [6, 6.07) is 5.27. The first-order chi connectivity index (χ1) is 10.7. The summed E-state index contributed by atoms with van der Waals surface area (Å²) in [6.07, 6.45) is 1.72. The topological polar surface area (TPSA) is 56.3 Å². The molecule has 2 aromatic rings. The number of rotatable bonds is 4. The van der Waals surface area contributed by atoms with Crippen molar-refractivity contribution in [1.82, 2.24) is 14.7 Å². The first kappa shape index (κ1) is 15.1. The fourth-order valence-electron chi connectivity index (χ4n) is 2.54. The lowest BCUT2D eigenvalue weighted by Gasteiger charge is -2.31. The zero-order valence-corrected chi connectivity index (χ0v) is 12.1. The molecule has 0 saturated carbocycles. The van der Waals surface area contributed by atoms with Gasteiger partial charge in [0.2, 0.25) is 0 Å². The molecule has 118 valence electrons. The Morgan fingerprint density at radius 1 is 1.32 bits per heavy atom. The predicted octanol–water partition coefficient (Wildman–Crippen LogP) is 1.31. The minimum Gasteiger partial charge on any atom is -0.374 e. The molecule has 2 heterocycles. The van der Waals surface area contributed by atoms with Crippen molar-refractivity contribution in [3.8, 4) is 5.69 Å². The summed E-state index contributed by atoms with van der Waals surface area (Å²) in [5.41, 5.74) is 6.68. The Bertz CT molecular complexity index is 646. The molecule has 1 saturated heterocycles. The van der Waals surface area contributed by atoms with Gasteiger partial charge in [0.15, 0.2) is 5.82 Å². The lowest BCUT2D eigenvalue weighted by Crippen LogP contribution is -2.45. The number of hydrogen-bond acceptors (Lipinski definition) is 4. The van der Waals surface area contributed by atoms with Crippen LogP contribution in [-0.4, -0.2) is 47.0 Å². The monoisotopic (exact) mass is 308 g/mol. The van der Waals surface area contributed by atoms with Crippen LogP contribution in [0.5, 0.6) is 0 Å². The van der Waals surface area contributed by atoms with E-state index < -0.39 is 11.6 Å². The Hall–Kier alpha value is -1.83. The summed E-state index contributed by atoms with van der Waals surface area (Å²) in [7, 11) is 0. The van der Waals surface area contributed by atoms with Gasteiger partial charge in [0, 0.05) is 38.4 Å². The van der Waals surface area contributed by atoms with Crippen molar-refractivity contribution in [3.63, 3.8) is 0 Å². The van der Waals surface area contributed by atoms with Crippen LogP contribution in [0, 0.1) is 11.6 Å². The van der Waals surface area contributed by atoms with Gasteiger partial charge in [0.05, 0.1) is 18.4 Å². The maximum atomic E-state index is 13.8. The van der Waals surface area contributed by atoms with Crippen molar-refractivity contribution >= 4 is 0 Å². The number of aromatic nitrogens is 2. The molecule has 0 spiro atoms. The maximum absolute atomic E-state index is 13.8. The number of morpholine rings is 1. The highest BCUT2D eigenvalue weighted by atomic mass is 19.1. The molecule has 2 N–H and O–H groups in total. The fraction of sp³-hybridized carbons (Fsp3) is 0.400. The largest absolute Gasteiger partial charge is 0.374 e. The van der Waals surface area contributed by atoms with Crippen LogP contribution >= 0.6 is 0 Å². The molecule has 5 nitrogen and oxygen atoms in total. The van der Waals surface area contributed by atoms with Crippen molar-refractivity contribution in [2.75, 3.05) is 26.2 Å². The molecular formula is C15H18F2N4O. The summed E-state index contributed by atoms with van der Waals surface area (Å²) >= 11 is 0. The summed E-state index contributed by atoms with van der Waals surface area (Å²) in [6.45, 7) is 3.36. The molecule has 0 bridgehead atoms. The highest BCUT2D eigenvalue weighted by Gasteiger charge is 2.20. The molecule has 1 aliphatic rings. The molecule has 1 aliphatic heterocycles. The molecule has 3 rings (SSSR count). The third-order valence-electron chi connectivity index (χ3n) is 3.67. The molecule has 1 unspecified atom stereocenters. The number of benzene rings is 1. The van der Waals surface area contributed by atoms with E-state index in [1.807, 2.05) is 6.07 Å². The van der Waals surface area contributed by atoms with Crippen molar-refractivity contribution in [2.45, 2.75) is 12.6 Å². The highest BCUT2D eigenvalue weighted by Crippen LogP contribution is 2.15. The smallest absolute Gasteiger partial charge is 0.151 e. The van der Waals surface area contributed by atoms with Crippen LogP contribution in [0.3, 0.4) is 0 Å². The quantitative estimate of drug-likeness (QED) is 0.925. The summed E-state index contributed by atoms with van der Waals surface area (Å²) in [4.78, 5) is 2.20. The molecule has 1 aromatic heterocycles. The Morgan fingerprint density at radius 2 is 2.18 bits per heavy atom. The van der Waals surface area contributed by atoms with E-state index in [-0.39, 0.29) is 11.8 Å². The summed E-state index contributed by atoms with van der Waals surface area (Å²) in [5, 5.41) is 4.36. The van der Waals surface area contributed by atoms with Gasteiger partial charge in [-0.3, -0.25) is 4.90 Å². The summed E-state index contributed by atoms with van der Waals surface area (Å²) < 4.78 is 33.6. The van der Waals surface area contributed by atoms with E-state index >= 15 is 0 Å². The van der Waals surface area contributed by atoms with Gasteiger partial charge >= 0.3 is 0 Å². The van der Waals surface area contributed by atoms with Crippen LogP contribution in [-0.2, 0) is 11.3 Å². The van der Waals surface area contributed by atoms with E-state index in [4.69, 9.17) is 10.5 Å². The van der Waals surface area contributed by atoms with Crippen molar-refractivity contribution in [1.29, 1.82) is 0 Å². The second kappa shape index (κ2) is 6.51. The standard InChI is InChI=1S/C15H18F2N4O/c16-11-1-2-15(14(17)7-11)21-4-3-12(19-21)9-20-5-6-22-13(8-18)10-20/h1-4,7,13H,5-6,8-10,18H2. The molecule has 22 heavy (non-hydrogen) atoms. The molecule has 1 fully saturated rings. The van der Waals surface area contributed by atoms with Crippen LogP contribution in [0.4, 0.5) is 8.78 Å². The van der Waals surface area contributed by atoms with E-state index in [1.165, 1.54) is 16.8 Å². The molecule has 0 amide bonds. The van der Waals surface area contributed by atoms with Gasteiger partial charge in [-0.2, -0.15) is 5.10 Å². The van der Waals surface area contributed by atoms with E-state index in [2.05, 4.69) is 10.00 Å². The third kappa shape index (κ3) is 3.32. The van der Waals surface area contributed by atoms with Crippen LogP contribution < -0.4 is 5.73 Å². The minimum atomic E-state index is -0.635. The van der Waals surface area contributed by atoms with Gasteiger partial charge in [-0.1, -0.05) is 0 Å². The van der Waals surface area contributed by atoms with Gasteiger partial charge in [-0.25, -0.2) is 13.5 Å². The highest BCUT2D eigenvalue weighted by molar-refractivity contribution is 5.33. The van der Waals surface area contributed by atoms with E-state index in [0.29, 0.717) is 19.7 Å². The molecule has 7 heteroatoms. The first-order valence-electron chi connectivity index (χ1n) is 7.19. The van der Waals surface area contributed by atoms with Crippen molar-refractivity contribution in [3.05, 3.63) is 47.8 Å². The Kier molecular flexibility index (Phi) is 4.47. The number of hydrogen-bond donors (Lipinski definition) is 1. The number of halogens is 2. The van der Waals surface area contributed by atoms with Gasteiger partial charge in [0.25, 0.3) is 0 Å². The predicted molar refractivity (Wildman–Crippen MR) is 77.6 cm³/mol. The number of ether oxygens (including phenoxy) is 1. The zero-order valence-electron chi connectivity index (χ0n) is 12.1. The van der Waals surface area contributed by atoms with Crippen molar-refractivity contribution < 1.29 is 13.5 Å². The third-order valence-corrected chi connectivity index (χ3v) is 3.67. The van der Waals surface area contributed by atoms with Crippen LogP contribution in [0.25, 0.3) is 5.69 Å². The zero-order chi connectivity index (χ0) is 15.5. The van der Waals surface area contributed by atoms with Gasteiger partial charge in [-0.15, -0.1) is 0 Å². The molecular weight excluding hydrogens is 290 g/mol. The second-order valence-electron chi connectivity index (χ2n) is 5.31. The Morgan fingerprint density at radius 3 is 2.95 bits per heavy atom. The average molecular weight is 308 g/mol. The Balaban J connectivity index is 1.71. The maximum Gasteiger partial charge on any atom is 0.151 e. The Labute approximate surface area is 127 Å². The number of nitrogens with zero attached hydrogens (tertiary/aromatic N) is 3. The second-order valence-corrected chi connectivity index (χ2v) is 5.31. The average Bonchev–Trinajstić information content (AvgIpc) is 2.95. The lowest BCUT2D eigenvalue weighted by atomic mass is 10.2. The van der Waals surface area contributed by atoms with Gasteiger partial charge < -0.3 is 10.5 Å². The normalized spacial score (nSPS) is 19.5. The molecule has 0 radical (unpaired) electrons. The first-order valence-corrected chi connectivity index (χ1v) is 7.19. The van der Waals surface area contributed by atoms with Crippen LogP contribution in [0.1, 0.15) is 5.69 Å². The molecule has 1 aromatic carbocycles. The van der Waals surface area contributed by atoms with Crippen LogP contribution in [0.2, 0.25) is 0 Å². The van der Waals surface area contributed by atoms with E-state index in [9.17, 15) is 8.78 Å². The number of nitrogens with two attached hydrogens (primary N) is 1. The van der Waals surface area contributed by atoms with E-state index in [1.54, 1.807) is 6.20 Å². The molecule has 1 atom stereocenters. The van der Waals surface area contributed by atoms with Crippen LogP contribution in [0.15, 0.2) is 30.5 Å². The fourth-order valence-corrected chi connectivity index (χ4v) is 2.54.